The number of aromatic nitrogens is 1. The molecule has 7 heteroatoms. The highest BCUT2D eigenvalue weighted by Crippen LogP contribution is 2.02. The summed E-state index contributed by atoms with van der Waals surface area (Å²) in [5, 5.41) is 8.97. The molecule has 0 radical (unpaired) electrons. The van der Waals surface area contributed by atoms with E-state index < -0.39 is 0 Å². The van der Waals surface area contributed by atoms with Crippen molar-refractivity contribution in [2.45, 2.75) is 6.42 Å². The lowest BCUT2D eigenvalue weighted by atomic mass is 10.4. The van der Waals surface area contributed by atoms with Crippen molar-refractivity contribution in [3.63, 3.8) is 0 Å². The van der Waals surface area contributed by atoms with Gasteiger partial charge in [-0.3, -0.25) is 25.4 Å². The van der Waals surface area contributed by atoms with Gasteiger partial charge in [0.15, 0.2) is 0 Å². The quantitative estimate of drug-likeness (QED) is 0.615. The average molecular weight is 293 g/mol. The van der Waals surface area contributed by atoms with Crippen LogP contribution in [0.1, 0.15) is 6.42 Å². The van der Waals surface area contributed by atoms with Crippen LogP contribution in [0.15, 0.2) is 24.4 Å². The molecule has 3 N–H and O–H groups in total. The Morgan fingerprint density at radius 1 is 1.24 bits per heavy atom. The summed E-state index contributed by atoms with van der Waals surface area (Å²) in [5.41, 5.74) is 5.45. The topological polar surface area (TPSA) is 80.7 Å². The molecule has 1 saturated heterocycles. The van der Waals surface area contributed by atoms with E-state index in [1.165, 1.54) is 0 Å². The Balaban J connectivity index is 1.70. The Morgan fingerprint density at radius 3 is 2.81 bits per heavy atom. The monoisotopic (exact) mass is 293 g/mol. The Bertz CT molecular complexity index is 429. The third-order valence-corrected chi connectivity index (χ3v) is 3.46. The minimum Gasteiger partial charge on any atom is -0.395 e. The molecule has 1 aromatic rings. The Labute approximate surface area is 124 Å². The number of β-amino-alcohol motifs (C(OH)–C–C–N with tert-alkyl or cyclic N) is 1. The minimum atomic E-state index is -0.0729. The van der Waals surface area contributed by atoms with Crippen LogP contribution in [0.4, 0.5) is 5.82 Å². The molecule has 116 valence electrons. The molecule has 21 heavy (non-hydrogen) atoms. The fraction of sp³-hybridized carbons (Fsp3) is 0.571. The first-order chi connectivity index (χ1) is 10.3. The van der Waals surface area contributed by atoms with Crippen LogP contribution in [0, 0.1) is 0 Å². The lowest BCUT2D eigenvalue weighted by Crippen LogP contribution is -2.41. The predicted molar refractivity (Wildman–Crippen MR) is 80.6 cm³/mol. The molecule has 7 nitrogen and oxygen atoms in total. The van der Waals surface area contributed by atoms with Crippen LogP contribution in [0.25, 0.3) is 0 Å². The van der Waals surface area contributed by atoms with E-state index in [2.05, 4.69) is 25.6 Å². The summed E-state index contributed by atoms with van der Waals surface area (Å²) >= 11 is 0. The first kappa shape index (κ1) is 15.7. The molecular weight excluding hydrogens is 270 g/mol. The highest BCUT2D eigenvalue weighted by Gasteiger charge is 2.16. The number of carbonyl (C=O) groups is 1. The van der Waals surface area contributed by atoms with E-state index in [4.69, 9.17) is 5.11 Å². The molecule has 0 saturated carbocycles. The van der Waals surface area contributed by atoms with E-state index in [9.17, 15) is 4.79 Å². The first-order valence-corrected chi connectivity index (χ1v) is 7.29. The van der Waals surface area contributed by atoms with Crippen LogP contribution in [0.5, 0.6) is 0 Å². The molecule has 1 aromatic heterocycles. The number of nitrogens with zero attached hydrogens (tertiary/aromatic N) is 3. The van der Waals surface area contributed by atoms with Gasteiger partial charge in [0.05, 0.1) is 13.2 Å². The number of aliphatic hydroxyl groups is 1. The lowest BCUT2D eigenvalue weighted by molar-refractivity contribution is -0.121. The zero-order chi connectivity index (χ0) is 14.9. The Morgan fingerprint density at radius 2 is 2.05 bits per heavy atom. The van der Waals surface area contributed by atoms with Crippen LogP contribution < -0.4 is 10.9 Å². The normalized spacial score (nSPS) is 17.2. The number of pyridine rings is 1. The number of hydrogen-bond acceptors (Lipinski definition) is 6. The Hall–Kier alpha value is -1.70. The van der Waals surface area contributed by atoms with Crippen LogP contribution in [-0.4, -0.2) is 71.7 Å². The van der Waals surface area contributed by atoms with Crippen LogP contribution in [-0.2, 0) is 4.79 Å². The first-order valence-electron chi connectivity index (χ1n) is 7.29. The van der Waals surface area contributed by atoms with Gasteiger partial charge in [-0.1, -0.05) is 6.07 Å². The summed E-state index contributed by atoms with van der Waals surface area (Å²) in [5.74, 6) is 0.548. The number of aliphatic hydroxyl groups excluding tert-OH is 1. The van der Waals surface area contributed by atoms with Crippen molar-refractivity contribution in [2.24, 2.45) is 0 Å². The van der Waals surface area contributed by atoms with Crippen molar-refractivity contribution >= 4 is 11.7 Å². The molecule has 0 aromatic carbocycles. The van der Waals surface area contributed by atoms with E-state index in [1.54, 1.807) is 12.3 Å². The minimum absolute atomic E-state index is 0.0729. The summed E-state index contributed by atoms with van der Waals surface area (Å²) < 4.78 is 0. The molecule has 1 fully saturated rings. The van der Waals surface area contributed by atoms with E-state index in [0.29, 0.717) is 18.9 Å². The smallest absolute Gasteiger partial charge is 0.252 e. The molecule has 0 spiro atoms. The van der Waals surface area contributed by atoms with Crippen LogP contribution in [0.2, 0.25) is 0 Å². The summed E-state index contributed by atoms with van der Waals surface area (Å²) in [6.45, 7) is 4.88. The van der Waals surface area contributed by atoms with Gasteiger partial charge in [0.25, 0.3) is 5.91 Å². The van der Waals surface area contributed by atoms with Gasteiger partial charge in [0, 0.05) is 25.8 Å². The van der Waals surface area contributed by atoms with Crippen molar-refractivity contribution < 1.29 is 9.90 Å². The van der Waals surface area contributed by atoms with Gasteiger partial charge < -0.3 is 5.11 Å². The van der Waals surface area contributed by atoms with Gasteiger partial charge in [-0.15, -0.1) is 0 Å². The maximum atomic E-state index is 11.9. The third kappa shape index (κ3) is 5.66. The standard InChI is InChI=1S/C14H23N5O2/c20-11-10-18-6-3-7-19(9-8-18)12-14(21)17-16-13-4-1-2-5-15-13/h1-2,4-5,20H,3,6-12H2,(H,15,16)(H,17,21). The second-order valence-electron chi connectivity index (χ2n) is 5.08. The molecule has 2 heterocycles. The van der Waals surface area contributed by atoms with Gasteiger partial charge in [0.1, 0.15) is 5.82 Å². The van der Waals surface area contributed by atoms with Gasteiger partial charge >= 0.3 is 0 Å². The number of hydrogen-bond donors (Lipinski definition) is 3. The summed E-state index contributed by atoms with van der Waals surface area (Å²) in [6.07, 6.45) is 2.68. The van der Waals surface area contributed by atoms with Crippen molar-refractivity contribution in [2.75, 3.05) is 51.3 Å². The van der Waals surface area contributed by atoms with E-state index in [-0.39, 0.29) is 12.5 Å². The maximum Gasteiger partial charge on any atom is 0.252 e. The number of rotatable bonds is 6. The fourth-order valence-corrected chi connectivity index (χ4v) is 2.36. The van der Waals surface area contributed by atoms with E-state index in [1.807, 2.05) is 12.1 Å². The molecule has 0 unspecified atom stereocenters. The highest BCUT2D eigenvalue weighted by molar-refractivity contribution is 5.79. The number of amides is 1. The summed E-state index contributed by atoms with van der Waals surface area (Å²) in [7, 11) is 0. The zero-order valence-corrected chi connectivity index (χ0v) is 12.2. The average Bonchev–Trinajstić information content (AvgIpc) is 2.72. The van der Waals surface area contributed by atoms with Gasteiger partial charge in [-0.25, -0.2) is 4.98 Å². The molecular formula is C14H23N5O2. The molecule has 0 aliphatic carbocycles. The molecule has 1 amide bonds. The summed E-state index contributed by atoms with van der Waals surface area (Å²) in [4.78, 5) is 20.3. The Kier molecular flexibility index (Phi) is 6.39. The number of carbonyl (C=O) groups excluding carboxylic acids is 1. The van der Waals surface area contributed by atoms with Crippen LogP contribution in [0.3, 0.4) is 0 Å². The molecule has 2 rings (SSSR count). The number of anilines is 1. The van der Waals surface area contributed by atoms with Crippen molar-refractivity contribution in [3.8, 4) is 0 Å². The summed E-state index contributed by atoms with van der Waals surface area (Å²) in [6, 6.07) is 5.47. The van der Waals surface area contributed by atoms with Crippen molar-refractivity contribution in [1.29, 1.82) is 0 Å². The van der Waals surface area contributed by atoms with Gasteiger partial charge in [-0.05, 0) is 31.6 Å². The maximum absolute atomic E-state index is 11.9. The zero-order valence-electron chi connectivity index (χ0n) is 12.2. The third-order valence-electron chi connectivity index (χ3n) is 3.46. The molecule has 1 aliphatic heterocycles. The fourth-order valence-electron chi connectivity index (χ4n) is 2.36. The van der Waals surface area contributed by atoms with E-state index in [0.717, 1.165) is 32.6 Å². The SMILES string of the molecule is O=C(CN1CCCN(CCO)CC1)NNc1ccccn1. The largest absolute Gasteiger partial charge is 0.395 e. The molecule has 1 aliphatic rings. The van der Waals surface area contributed by atoms with Crippen molar-refractivity contribution in [1.82, 2.24) is 20.2 Å². The van der Waals surface area contributed by atoms with Gasteiger partial charge in [0.2, 0.25) is 0 Å². The number of nitrogens with one attached hydrogen (secondary N) is 2. The van der Waals surface area contributed by atoms with Gasteiger partial charge in [-0.2, -0.15) is 0 Å². The van der Waals surface area contributed by atoms with Crippen LogP contribution >= 0.6 is 0 Å². The highest BCUT2D eigenvalue weighted by atomic mass is 16.3. The predicted octanol–water partition coefficient (Wildman–Crippen LogP) is -0.475. The molecule has 0 bridgehead atoms. The van der Waals surface area contributed by atoms with Crippen molar-refractivity contribution in [3.05, 3.63) is 24.4 Å². The number of hydrazine groups is 1. The van der Waals surface area contributed by atoms with E-state index >= 15 is 0 Å². The second-order valence-corrected chi connectivity index (χ2v) is 5.08. The second kappa shape index (κ2) is 8.56. The lowest BCUT2D eigenvalue weighted by Gasteiger charge is -2.20. The molecule has 0 atom stereocenters.